The first-order valence-electron chi connectivity index (χ1n) is 9.00. The second-order valence-corrected chi connectivity index (χ2v) is 6.90. The van der Waals surface area contributed by atoms with Gasteiger partial charge in [-0.1, -0.05) is 18.2 Å². The number of benzene rings is 1. The number of piperidine rings is 1. The summed E-state index contributed by atoms with van der Waals surface area (Å²) in [6.45, 7) is 3.33. The highest BCUT2D eigenvalue weighted by Crippen LogP contribution is 2.32. The maximum atomic E-state index is 10.3. The molecule has 1 unspecified atom stereocenters. The highest BCUT2D eigenvalue weighted by atomic mass is 16.3. The Bertz CT molecular complexity index is 804. The summed E-state index contributed by atoms with van der Waals surface area (Å²) in [5, 5.41) is 17.0. The average Bonchev–Trinajstić information content (AvgIpc) is 3.15. The second-order valence-electron chi connectivity index (χ2n) is 6.90. The molecular formula is C20H24N4O. The highest BCUT2D eigenvalue weighted by Gasteiger charge is 2.23. The van der Waals surface area contributed by atoms with Crippen molar-refractivity contribution in [2.45, 2.75) is 31.4 Å². The molecule has 1 N–H and O–H groups in total. The van der Waals surface area contributed by atoms with Crippen LogP contribution in [-0.2, 0) is 6.54 Å². The van der Waals surface area contributed by atoms with Gasteiger partial charge in [0.25, 0.3) is 0 Å². The molecule has 25 heavy (non-hydrogen) atoms. The van der Waals surface area contributed by atoms with E-state index in [2.05, 4.69) is 39.2 Å². The Hall–Kier alpha value is -2.24. The fourth-order valence-electron chi connectivity index (χ4n) is 3.91. The normalized spacial score (nSPS) is 17.8. The molecule has 1 aromatic carbocycles. The van der Waals surface area contributed by atoms with E-state index in [0.29, 0.717) is 19.0 Å². The van der Waals surface area contributed by atoms with Crippen LogP contribution in [0.4, 0.5) is 0 Å². The van der Waals surface area contributed by atoms with E-state index in [-0.39, 0.29) is 6.10 Å². The van der Waals surface area contributed by atoms with Crippen molar-refractivity contribution in [3.8, 4) is 0 Å². The number of nitrogens with zero attached hydrogens (tertiary/aromatic N) is 4. The quantitative estimate of drug-likeness (QED) is 0.778. The van der Waals surface area contributed by atoms with Crippen LogP contribution in [0.25, 0.3) is 10.8 Å². The molecule has 0 bridgehead atoms. The third-order valence-electron chi connectivity index (χ3n) is 5.17. The van der Waals surface area contributed by atoms with E-state index in [1.54, 1.807) is 10.9 Å². The number of aliphatic hydroxyl groups excluding tert-OH is 1. The van der Waals surface area contributed by atoms with Gasteiger partial charge in [-0.05, 0) is 54.9 Å². The Kier molecular flexibility index (Phi) is 4.76. The molecule has 0 spiro atoms. The Balaban J connectivity index is 1.36. The summed E-state index contributed by atoms with van der Waals surface area (Å²) >= 11 is 0. The minimum atomic E-state index is -0.375. The van der Waals surface area contributed by atoms with Crippen LogP contribution in [0.2, 0.25) is 0 Å². The lowest BCUT2D eigenvalue weighted by Crippen LogP contribution is -2.39. The molecule has 0 aliphatic carbocycles. The summed E-state index contributed by atoms with van der Waals surface area (Å²) < 4.78 is 1.79. The fourth-order valence-corrected chi connectivity index (χ4v) is 3.91. The maximum absolute atomic E-state index is 10.3. The Morgan fingerprint density at radius 3 is 2.76 bits per heavy atom. The third kappa shape index (κ3) is 3.72. The molecule has 5 nitrogen and oxygen atoms in total. The topological polar surface area (TPSA) is 54.2 Å². The lowest BCUT2D eigenvalue weighted by atomic mass is 9.86. The predicted molar refractivity (Wildman–Crippen MR) is 98.4 cm³/mol. The largest absolute Gasteiger partial charge is 0.390 e. The molecule has 2 aromatic heterocycles. The molecule has 0 saturated carbocycles. The van der Waals surface area contributed by atoms with Gasteiger partial charge in [0.05, 0.1) is 12.6 Å². The number of aromatic nitrogens is 3. The zero-order valence-electron chi connectivity index (χ0n) is 14.3. The number of pyridine rings is 1. The minimum Gasteiger partial charge on any atom is -0.390 e. The van der Waals surface area contributed by atoms with Gasteiger partial charge in [0.15, 0.2) is 0 Å². The lowest BCUT2D eigenvalue weighted by Gasteiger charge is -2.33. The SMILES string of the molecule is OC(CN1CCC(c2cccc3cnccc23)CC1)Cn1cccn1. The molecule has 1 aliphatic heterocycles. The highest BCUT2D eigenvalue weighted by molar-refractivity contribution is 5.85. The van der Waals surface area contributed by atoms with Crippen molar-refractivity contribution in [1.82, 2.24) is 19.7 Å². The van der Waals surface area contributed by atoms with Gasteiger partial charge in [-0.25, -0.2) is 0 Å². The van der Waals surface area contributed by atoms with Crippen LogP contribution in [0.5, 0.6) is 0 Å². The van der Waals surface area contributed by atoms with Crippen LogP contribution < -0.4 is 0 Å². The number of likely N-dealkylation sites (tertiary alicyclic amines) is 1. The van der Waals surface area contributed by atoms with Crippen molar-refractivity contribution in [3.05, 3.63) is 60.7 Å². The van der Waals surface area contributed by atoms with E-state index in [4.69, 9.17) is 0 Å². The number of aliphatic hydroxyl groups is 1. The van der Waals surface area contributed by atoms with Crippen molar-refractivity contribution >= 4 is 10.8 Å². The lowest BCUT2D eigenvalue weighted by molar-refractivity contribution is 0.0823. The van der Waals surface area contributed by atoms with Crippen molar-refractivity contribution in [3.63, 3.8) is 0 Å². The van der Waals surface area contributed by atoms with Crippen molar-refractivity contribution < 1.29 is 5.11 Å². The smallest absolute Gasteiger partial charge is 0.0862 e. The third-order valence-corrected chi connectivity index (χ3v) is 5.17. The molecule has 3 aromatic rings. The summed E-state index contributed by atoms with van der Waals surface area (Å²) in [6, 6.07) is 10.5. The summed E-state index contributed by atoms with van der Waals surface area (Å²) in [5.41, 5.74) is 1.44. The van der Waals surface area contributed by atoms with Crippen LogP contribution in [0.1, 0.15) is 24.3 Å². The summed E-state index contributed by atoms with van der Waals surface area (Å²) in [6.07, 6.45) is 9.36. The van der Waals surface area contributed by atoms with E-state index in [1.807, 2.05) is 24.7 Å². The Morgan fingerprint density at radius 1 is 1.08 bits per heavy atom. The molecule has 130 valence electrons. The van der Waals surface area contributed by atoms with Gasteiger partial charge in [-0.3, -0.25) is 9.67 Å². The van der Waals surface area contributed by atoms with E-state index in [9.17, 15) is 5.11 Å². The van der Waals surface area contributed by atoms with Crippen LogP contribution in [0, 0.1) is 0 Å². The average molecular weight is 336 g/mol. The number of rotatable bonds is 5. The molecule has 1 saturated heterocycles. The van der Waals surface area contributed by atoms with E-state index in [0.717, 1.165) is 25.9 Å². The first-order chi connectivity index (χ1) is 12.3. The first-order valence-corrected chi connectivity index (χ1v) is 9.00. The van der Waals surface area contributed by atoms with Crippen LogP contribution in [0.15, 0.2) is 55.1 Å². The van der Waals surface area contributed by atoms with E-state index >= 15 is 0 Å². The predicted octanol–water partition coefficient (Wildman–Crippen LogP) is 2.67. The maximum Gasteiger partial charge on any atom is 0.0862 e. The molecule has 5 heteroatoms. The molecular weight excluding hydrogens is 312 g/mol. The molecule has 3 heterocycles. The number of fused-ring (bicyclic) bond motifs is 1. The zero-order valence-corrected chi connectivity index (χ0v) is 14.3. The number of hydrogen-bond acceptors (Lipinski definition) is 4. The molecule has 1 aliphatic rings. The molecule has 1 atom stereocenters. The number of hydrogen-bond donors (Lipinski definition) is 1. The first kappa shape index (κ1) is 16.2. The van der Waals surface area contributed by atoms with Crippen molar-refractivity contribution in [1.29, 1.82) is 0 Å². The van der Waals surface area contributed by atoms with Crippen molar-refractivity contribution in [2.24, 2.45) is 0 Å². The number of β-amino-alcohol motifs (C(OH)–C–C–N with tert-alkyl or cyclic N) is 1. The van der Waals surface area contributed by atoms with Gasteiger partial charge in [0.1, 0.15) is 0 Å². The van der Waals surface area contributed by atoms with Crippen LogP contribution in [-0.4, -0.2) is 50.5 Å². The Morgan fingerprint density at radius 2 is 1.96 bits per heavy atom. The monoisotopic (exact) mass is 336 g/mol. The summed E-state index contributed by atoms with van der Waals surface area (Å²) in [5.74, 6) is 0.589. The van der Waals surface area contributed by atoms with E-state index < -0.39 is 0 Å². The summed E-state index contributed by atoms with van der Waals surface area (Å²) in [4.78, 5) is 6.60. The van der Waals surface area contributed by atoms with Crippen LogP contribution >= 0.6 is 0 Å². The standard InChI is InChI=1S/C20H24N4O/c25-18(15-24-10-2-8-22-24)14-23-11-6-16(7-12-23)19-4-1-3-17-13-21-9-5-20(17)19/h1-5,8-10,13,16,18,25H,6-7,11-12,14-15H2. The zero-order chi connectivity index (χ0) is 17.1. The van der Waals surface area contributed by atoms with Gasteiger partial charge in [-0.15, -0.1) is 0 Å². The van der Waals surface area contributed by atoms with Gasteiger partial charge in [-0.2, -0.15) is 5.10 Å². The Labute approximate surface area is 147 Å². The van der Waals surface area contributed by atoms with Gasteiger partial charge in [0, 0.05) is 36.7 Å². The fraction of sp³-hybridized carbons (Fsp3) is 0.400. The van der Waals surface area contributed by atoms with Gasteiger partial charge < -0.3 is 10.0 Å². The molecule has 4 rings (SSSR count). The van der Waals surface area contributed by atoms with Crippen molar-refractivity contribution in [2.75, 3.05) is 19.6 Å². The molecule has 1 fully saturated rings. The summed E-state index contributed by atoms with van der Waals surface area (Å²) in [7, 11) is 0. The molecule has 0 radical (unpaired) electrons. The molecule has 0 amide bonds. The minimum absolute atomic E-state index is 0.375. The second kappa shape index (κ2) is 7.33. The van der Waals surface area contributed by atoms with Gasteiger partial charge >= 0.3 is 0 Å². The van der Waals surface area contributed by atoms with Crippen LogP contribution in [0.3, 0.4) is 0 Å². The van der Waals surface area contributed by atoms with E-state index in [1.165, 1.54) is 16.3 Å². The van der Waals surface area contributed by atoms with Gasteiger partial charge in [0.2, 0.25) is 0 Å².